The lowest BCUT2D eigenvalue weighted by Crippen LogP contribution is -2.32. The molecule has 8 heteroatoms. The van der Waals surface area contributed by atoms with Gasteiger partial charge in [0.25, 0.3) is 5.56 Å². The Hall–Kier alpha value is -3.52. The minimum atomic E-state index is -0.0888. The van der Waals surface area contributed by atoms with Crippen molar-refractivity contribution in [1.82, 2.24) is 30.1 Å². The van der Waals surface area contributed by atoms with Gasteiger partial charge >= 0.3 is 0 Å². The zero-order chi connectivity index (χ0) is 24.2. The summed E-state index contributed by atoms with van der Waals surface area (Å²) in [7, 11) is 1.62. The maximum Gasteiger partial charge on any atom is 0.252 e. The van der Waals surface area contributed by atoms with E-state index in [1.807, 2.05) is 47.1 Å². The Morgan fingerprint density at radius 2 is 1.91 bits per heavy atom. The summed E-state index contributed by atoms with van der Waals surface area (Å²) in [6.45, 7) is 3.34. The van der Waals surface area contributed by atoms with Gasteiger partial charge < -0.3 is 9.72 Å². The highest BCUT2D eigenvalue weighted by Gasteiger charge is 2.29. The van der Waals surface area contributed by atoms with Crippen molar-refractivity contribution in [2.75, 3.05) is 7.11 Å². The number of aromatic nitrogens is 5. The van der Waals surface area contributed by atoms with Gasteiger partial charge in [-0.25, -0.2) is 4.68 Å². The van der Waals surface area contributed by atoms with Gasteiger partial charge in [-0.05, 0) is 58.8 Å². The van der Waals surface area contributed by atoms with Crippen LogP contribution in [0.1, 0.15) is 68.1 Å². The molecule has 0 unspecified atom stereocenters. The monoisotopic (exact) mass is 472 g/mol. The van der Waals surface area contributed by atoms with Crippen LogP contribution in [-0.2, 0) is 13.1 Å². The third-order valence-electron chi connectivity index (χ3n) is 7.05. The fourth-order valence-corrected chi connectivity index (χ4v) is 5.22. The topological polar surface area (TPSA) is 88.9 Å². The normalized spacial score (nSPS) is 15.2. The number of aromatic amines is 1. The van der Waals surface area contributed by atoms with E-state index in [2.05, 4.69) is 44.5 Å². The Morgan fingerprint density at radius 3 is 2.66 bits per heavy atom. The standard InChI is InChI=1S/C27H32N6O2/c1-3-25(26-29-30-31-33(26)22-11-7-8-12-22)32(17-19-9-5-4-6-10-19)18-21-15-20-13-14-23(35-2)16-24(20)28-27(21)34/h4-6,9-10,13-16,22,25H,3,7-8,11-12,17-18H2,1-2H3,(H,28,34)/t25-/m1/s1. The molecule has 5 rings (SSSR count). The van der Waals surface area contributed by atoms with Gasteiger partial charge in [0.2, 0.25) is 0 Å². The van der Waals surface area contributed by atoms with Gasteiger partial charge in [-0.2, -0.15) is 0 Å². The summed E-state index contributed by atoms with van der Waals surface area (Å²) in [6.07, 6.45) is 5.49. The highest BCUT2D eigenvalue weighted by molar-refractivity contribution is 5.80. The van der Waals surface area contributed by atoms with E-state index in [4.69, 9.17) is 4.74 Å². The fourth-order valence-electron chi connectivity index (χ4n) is 5.22. The molecular formula is C27H32N6O2. The highest BCUT2D eigenvalue weighted by Crippen LogP contribution is 2.33. The first-order valence-electron chi connectivity index (χ1n) is 12.4. The molecular weight excluding hydrogens is 440 g/mol. The van der Waals surface area contributed by atoms with E-state index in [-0.39, 0.29) is 11.6 Å². The molecule has 1 atom stereocenters. The summed E-state index contributed by atoms with van der Waals surface area (Å²) in [5.74, 6) is 1.61. The average molecular weight is 473 g/mol. The van der Waals surface area contributed by atoms with Crippen LogP contribution in [0.3, 0.4) is 0 Å². The molecule has 0 amide bonds. The van der Waals surface area contributed by atoms with Gasteiger partial charge in [0.15, 0.2) is 5.82 Å². The Bertz CT molecular complexity index is 1330. The number of fused-ring (bicyclic) bond motifs is 1. The number of tetrazole rings is 1. The lowest BCUT2D eigenvalue weighted by molar-refractivity contribution is 0.158. The van der Waals surface area contributed by atoms with Gasteiger partial charge in [-0.15, -0.1) is 5.10 Å². The molecule has 0 radical (unpaired) electrons. The molecule has 0 aliphatic heterocycles. The second kappa shape index (κ2) is 10.4. The van der Waals surface area contributed by atoms with E-state index in [0.717, 1.165) is 47.3 Å². The molecule has 1 saturated carbocycles. The number of nitrogens with zero attached hydrogens (tertiary/aromatic N) is 5. The second-order valence-corrected chi connectivity index (χ2v) is 9.31. The van der Waals surface area contributed by atoms with Gasteiger partial charge in [-0.3, -0.25) is 9.69 Å². The Labute approximate surface area is 204 Å². The van der Waals surface area contributed by atoms with Crippen LogP contribution in [0.4, 0.5) is 0 Å². The summed E-state index contributed by atoms with van der Waals surface area (Å²) in [5.41, 5.74) is 2.59. The van der Waals surface area contributed by atoms with Crippen molar-refractivity contribution in [1.29, 1.82) is 0 Å². The van der Waals surface area contributed by atoms with E-state index in [9.17, 15) is 4.79 Å². The number of hydrogen-bond acceptors (Lipinski definition) is 6. The number of benzene rings is 2. The van der Waals surface area contributed by atoms with E-state index < -0.39 is 0 Å². The van der Waals surface area contributed by atoms with E-state index in [1.54, 1.807) is 7.11 Å². The molecule has 4 aromatic rings. The van der Waals surface area contributed by atoms with E-state index in [0.29, 0.717) is 19.1 Å². The third kappa shape index (κ3) is 4.98. The molecule has 1 aliphatic carbocycles. The number of hydrogen-bond donors (Lipinski definition) is 1. The molecule has 1 N–H and O–H groups in total. The maximum absolute atomic E-state index is 13.1. The van der Waals surface area contributed by atoms with Gasteiger partial charge in [0, 0.05) is 24.7 Å². The van der Waals surface area contributed by atoms with Gasteiger partial charge in [-0.1, -0.05) is 50.1 Å². The molecule has 2 aromatic carbocycles. The second-order valence-electron chi connectivity index (χ2n) is 9.31. The Morgan fingerprint density at radius 1 is 1.11 bits per heavy atom. The predicted molar refractivity (Wildman–Crippen MR) is 135 cm³/mol. The van der Waals surface area contributed by atoms with E-state index >= 15 is 0 Å². The zero-order valence-corrected chi connectivity index (χ0v) is 20.4. The van der Waals surface area contributed by atoms with Crippen LogP contribution >= 0.6 is 0 Å². The van der Waals surface area contributed by atoms with Crippen LogP contribution in [0.2, 0.25) is 0 Å². The van der Waals surface area contributed by atoms with Crippen LogP contribution < -0.4 is 10.3 Å². The number of nitrogens with one attached hydrogen (secondary N) is 1. The van der Waals surface area contributed by atoms with Gasteiger partial charge in [0.05, 0.1) is 24.7 Å². The smallest absolute Gasteiger partial charge is 0.252 e. The van der Waals surface area contributed by atoms with Crippen molar-refractivity contribution >= 4 is 10.9 Å². The number of pyridine rings is 1. The van der Waals surface area contributed by atoms with Crippen molar-refractivity contribution in [3.63, 3.8) is 0 Å². The largest absolute Gasteiger partial charge is 0.497 e. The molecule has 35 heavy (non-hydrogen) atoms. The van der Waals surface area contributed by atoms with Crippen LogP contribution in [0.15, 0.2) is 59.4 Å². The first-order valence-corrected chi connectivity index (χ1v) is 12.4. The van der Waals surface area contributed by atoms with Crippen molar-refractivity contribution in [2.24, 2.45) is 0 Å². The van der Waals surface area contributed by atoms with Crippen LogP contribution in [0.5, 0.6) is 5.75 Å². The van der Waals surface area contributed by atoms with Crippen molar-refractivity contribution in [2.45, 2.75) is 64.2 Å². The first-order chi connectivity index (χ1) is 17.2. The molecule has 2 heterocycles. The summed E-state index contributed by atoms with van der Waals surface area (Å²) in [6, 6.07) is 18.4. The Kier molecular flexibility index (Phi) is 6.90. The molecule has 1 aliphatic rings. The summed E-state index contributed by atoms with van der Waals surface area (Å²) in [4.78, 5) is 18.5. The highest BCUT2D eigenvalue weighted by atomic mass is 16.5. The third-order valence-corrected chi connectivity index (χ3v) is 7.05. The Balaban J connectivity index is 1.52. The molecule has 0 spiro atoms. The summed E-state index contributed by atoms with van der Waals surface area (Å²) >= 11 is 0. The molecule has 1 fully saturated rings. The lowest BCUT2D eigenvalue weighted by atomic mass is 10.1. The number of H-pyrrole nitrogens is 1. The van der Waals surface area contributed by atoms with Crippen molar-refractivity contribution < 1.29 is 4.74 Å². The minimum Gasteiger partial charge on any atom is -0.497 e. The van der Waals surface area contributed by atoms with Crippen molar-refractivity contribution in [3.05, 3.63) is 81.9 Å². The summed E-state index contributed by atoms with van der Waals surface area (Å²) in [5, 5.41) is 13.9. The fraction of sp³-hybridized carbons (Fsp3) is 0.407. The van der Waals surface area contributed by atoms with Crippen LogP contribution in [0, 0.1) is 0 Å². The summed E-state index contributed by atoms with van der Waals surface area (Å²) < 4.78 is 7.35. The van der Waals surface area contributed by atoms with Crippen LogP contribution in [0.25, 0.3) is 10.9 Å². The first kappa shape index (κ1) is 23.2. The zero-order valence-electron chi connectivity index (χ0n) is 20.4. The molecule has 2 aromatic heterocycles. The number of ether oxygens (including phenoxy) is 1. The molecule has 0 saturated heterocycles. The number of methoxy groups -OCH3 is 1. The quantitative estimate of drug-likeness (QED) is 0.377. The maximum atomic E-state index is 13.1. The average Bonchev–Trinajstić information content (AvgIpc) is 3.57. The van der Waals surface area contributed by atoms with Crippen molar-refractivity contribution in [3.8, 4) is 5.75 Å². The van der Waals surface area contributed by atoms with E-state index in [1.165, 1.54) is 18.4 Å². The molecule has 0 bridgehead atoms. The minimum absolute atomic E-state index is 0.0169. The predicted octanol–water partition coefficient (Wildman–Crippen LogP) is 4.79. The lowest BCUT2D eigenvalue weighted by Gasteiger charge is -2.31. The molecule has 8 nitrogen and oxygen atoms in total. The van der Waals surface area contributed by atoms with Gasteiger partial charge in [0.1, 0.15) is 5.75 Å². The number of rotatable bonds is 9. The molecule has 182 valence electrons. The SMILES string of the molecule is CC[C@H](c1nnnn1C1CCCC1)N(Cc1ccccc1)Cc1cc2ccc(OC)cc2[nH]c1=O. The van der Waals surface area contributed by atoms with Crippen LogP contribution in [-0.4, -0.2) is 37.2 Å².